The molecule has 1 aliphatic heterocycles. The summed E-state index contributed by atoms with van der Waals surface area (Å²) < 4.78 is 1.61. The van der Waals surface area contributed by atoms with E-state index in [2.05, 4.69) is 15.7 Å². The molecular weight excluding hydrogens is 244 g/mol. The van der Waals surface area contributed by atoms with Gasteiger partial charge in [0.25, 0.3) is 5.91 Å². The maximum absolute atomic E-state index is 12.0. The van der Waals surface area contributed by atoms with E-state index < -0.39 is 0 Å². The van der Waals surface area contributed by atoms with E-state index in [1.54, 1.807) is 42.3 Å². The van der Waals surface area contributed by atoms with Crippen LogP contribution in [0.3, 0.4) is 0 Å². The van der Waals surface area contributed by atoms with Crippen molar-refractivity contribution in [3.05, 3.63) is 41.7 Å². The van der Waals surface area contributed by atoms with E-state index >= 15 is 0 Å². The van der Waals surface area contributed by atoms with Crippen molar-refractivity contribution in [1.82, 2.24) is 9.78 Å². The molecule has 0 spiro atoms. The van der Waals surface area contributed by atoms with E-state index in [0.717, 1.165) is 5.56 Å². The SMILES string of the molecule is Cn1cc(NC(=O)c2ccc3c(c2)NC(=O)C3)cn1. The summed E-state index contributed by atoms with van der Waals surface area (Å²) in [6.07, 6.45) is 3.67. The van der Waals surface area contributed by atoms with Gasteiger partial charge in [0.2, 0.25) is 5.91 Å². The van der Waals surface area contributed by atoms with Crippen LogP contribution in [-0.2, 0) is 18.3 Å². The van der Waals surface area contributed by atoms with Gasteiger partial charge in [-0.2, -0.15) is 5.10 Å². The molecule has 1 aromatic carbocycles. The average Bonchev–Trinajstić information content (AvgIpc) is 2.93. The van der Waals surface area contributed by atoms with Crippen molar-refractivity contribution in [2.24, 2.45) is 7.05 Å². The Kier molecular flexibility index (Phi) is 2.56. The zero-order chi connectivity index (χ0) is 13.4. The van der Waals surface area contributed by atoms with Crippen molar-refractivity contribution >= 4 is 23.2 Å². The van der Waals surface area contributed by atoms with Gasteiger partial charge in [-0.1, -0.05) is 6.07 Å². The Morgan fingerprint density at radius 3 is 3.05 bits per heavy atom. The Labute approximate surface area is 109 Å². The highest BCUT2D eigenvalue weighted by Crippen LogP contribution is 2.24. The highest BCUT2D eigenvalue weighted by atomic mass is 16.2. The smallest absolute Gasteiger partial charge is 0.255 e. The summed E-state index contributed by atoms with van der Waals surface area (Å²) in [7, 11) is 1.78. The Morgan fingerprint density at radius 1 is 1.47 bits per heavy atom. The van der Waals surface area contributed by atoms with Crippen molar-refractivity contribution < 1.29 is 9.59 Å². The van der Waals surface area contributed by atoms with Crippen LogP contribution >= 0.6 is 0 Å². The lowest BCUT2D eigenvalue weighted by atomic mass is 10.1. The molecule has 0 atom stereocenters. The van der Waals surface area contributed by atoms with Gasteiger partial charge in [0.05, 0.1) is 18.3 Å². The summed E-state index contributed by atoms with van der Waals surface area (Å²) in [6, 6.07) is 5.20. The highest BCUT2D eigenvalue weighted by molar-refractivity contribution is 6.06. The van der Waals surface area contributed by atoms with Crippen LogP contribution in [0.1, 0.15) is 15.9 Å². The lowest BCUT2D eigenvalue weighted by molar-refractivity contribution is -0.115. The second-order valence-corrected chi connectivity index (χ2v) is 4.45. The fraction of sp³-hybridized carbons (Fsp3) is 0.154. The van der Waals surface area contributed by atoms with Crippen molar-refractivity contribution in [3.63, 3.8) is 0 Å². The molecule has 19 heavy (non-hydrogen) atoms. The third kappa shape index (κ3) is 2.20. The largest absolute Gasteiger partial charge is 0.326 e. The van der Waals surface area contributed by atoms with Gasteiger partial charge in [0, 0.05) is 24.5 Å². The molecule has 0 saturated heterocycles. The number of carbonyl (C=O) groups is 2. The second-order valence-electron chi connectivity index (χ2n) is 4.45. The number of nitrogens with one attached hydrogen (secondary N) is 2. The molecule has 3 rings (SSSR count). The Bertz CT molecular complexity index is 675. The first-order valence-corrected chi connectivity index (χ1v) is 5.84. The van der Waals surface area contributed by atoms with Crippen LogP contribution in [0, 0.1) is 0 Å². The molecule has 0 radical (unpaired) electrons. The molecule has 0 fully saturated rings. The van der Waals surface area contributed by atoms with Gasteiger partial charge in [0.1, 0.15) is 0 Å². The lowest BCUT2D eigenvalue weighted by Gasteiger charge is -2.04. The van der Waals surface area contributed by atoms with Crippen molar-refractivity contribution in [2.45, 2.75) is 6.42 Å². The first-order valence-electron chi connectivity index (χ1n) is 5.84. The summed E-state index contributed by atoms with van der Waals surface area (Å²) in [5.74, 6) is -0.267. The van der Waals surface area contributed by atoms with E-state index in [1.807, 2.05) is 0 Å². The molecule has 1 aromatic heterocycles. The topological polar surface area (TPSA) is 76.0 Å². The first-order chi connectivity index (χ1) is 9.11. The predicted octanol–water partition coefficient (Wildman–Crippen LogP) is 1.17. The Balaban J connectivity index is 1.81. The minimum absolute atomic E-state index is 0.0418. The van der Waals surface area contributed by atoms with Crippen molar-refractivity contribution in [1.29, 1.82) is 0 Å². The third-order valence-electron chi connectivity index (χ3n) is 2.96. The van der Waals surface area contributed by atoms with Gasteiger partial charge in [-0.05, 0) is 17.7 Å². The highest BCUT2D eigenvalue weighted by Gasteiger charge is 2.19. The van der Waals surface area contributed by atoms with Crippen LogP contribution in [0.15, 0.2) is 30.6 Å². The van der Waals surface area contributed by atoms with E-state index in [-0.39, 0.29) is 11.8 Å². The number of rotatable bonds is 2. The molecule has 2 heterocycles. The van der Waals surface area contributed by atoms with Gasteiger partial charge in [-0.15, -0.1) is 0 Å². The monoisotopic (exact) mass is 256 g/mol. The van der Waals surface area contributed by atoms with Gasteiger partial charge in [-0.3, -0.25) is 14.3 Å². The van der Waals surface area contributed by atoms with Gasteiger partial charge >= 0.3 is 0 Å². The van der Waals surface area contributed by atoms with E-state index in [1.165, 1.54) is 0 Å². The number of anilines is 2. The molecule has 96 valence electrons. The fourth-order valence-electron chi connectivity index (χ4n) is 2.04. The van der Waals surface area contributed by atoms with Crippen LogP contribution in [0.25, 0.3) is 0 Å². The Hall–Kier alpha value is -2.63. The maximum atomic E-state index is 12.0. The van der Waals surface area contributed by atoms with Crippen LogP contribution in [-0.4, -0.2) is 21.6 Å². The number of aryl methyl sites for hydroxylation is 1. The van der Waals surface area contributed by atoms with Crippen LogP contribution < -0.4 is 10.6 Å². The predicted molar refractivity (Wildman–Crippen MR) is 69.9 cm³/mol. The summed E-state index contributed by atoms with van der Waals surface area (Å²) in [5, 5.41) is 9.45. The number of benzene rings is 1. The van der Waals surface area contributed by atoms with Crippen molar-refractivity contribution in [2.75, 3.05) is 10.6 Å². The number of fused-ring (bicyclic) bond motifs is 1. The van der Waals surface area contributed by atoms with Crippen LogP contribution in [0.5, 0.6) is 0 Å². The Morgan fingerprint density at radius 2 is 2.32 bits per heavy atom. The normalized spacial score (nSPS) is 13.0. The van der Waals surface area contributed by atoms with E-state index in [0.29, 0.717) is 23.4 Å². The minimum atomic E-state index is -0.225. The van der Waals surface area contributed by atoms with Gasteiger partial charge in [0.15, 0.2) is 0 Å². The van der Waals surface area contributed by atoms with Gasteiger partial charge in [-0.25, -0.2) is 0 Å². The molecule has 0 saturated carbocycles. The third-order valence-corrected chi connectivity index (χ3v) is 2.96. The number of aromatic nitrogens is 2. The number of nitrogens with zero attached hydrogens (tertiary/aromatic N) is 2. The standard InChI is InChI=1S/C13H12N4O2/c1-17-7-10(6-14-17)15-13(19)9-3-2-8-5-12(18)16-11(8)4-9/h2-4,6-7H,5H2,1H3,(H,15,19)(H,16,18). The van der Waals surface area contributed by atoms with Gasteiger partial charge < -0.3 is 10.6 Å². The molecule has 0 aliphatic carbocycles. The first kappa shape index (κ1) is 11.5. The second kappa shape index (κ2) is 4.24. The van der Waals surface area contributed by atoms with E-state index in [4.69, 9.17) is 0 Å². The van der Waals surface area contributed by atoms with Crippen LogP contribution in [0.4, 0.5) is 11.4 Å². The van der Waals surface area contributed by atoms with Crippen molar-refractivity contribution in [3.8, 4) is 0 Å². The zero-order valence-electron chi connectivity index (χ0n) is 10.3. The zero-order valence-corrected chi connectivity index (χ0v) is 10.3. The summed E-state index contributed by atoms with van der Waals surface area (Å²) in [4.78, 5) is 23.3. The number of carbonyl (C=O) groups excluding carboxylic acids is 2. The fourth-order valence-corrected chi connectivity index (χ4v) is 2.04. The number of amides is 2. The molecule has 2 N–H and O–H groups in total. The minimum Gasteiger partial charge on any atom is -0.326 e. The molecule has 2 amide bonds. The molecule has 6 heteroatoms. The summed E-state index contributed by atoms with van der Waals surface area (Å²) in [5.41, 5.74) is 2.77. The molecule has 2 aromatic rings. The summed E-state index contributed by atoms with van der Waals surface area (Å²) in [6.45, 7) is 0. The molecular formula is C13H12N4O2. The number of hydrogen-bond donors (Lipinski definition) is 2. The maximum Gasteiger partial charge on any atom is 0.255 e. The number of hydrogen-bond acceptors (Lipinski definition) is 3. The quantitative estimate of drug-likeness (QED) is 0.846. The molecule has 1 aliphatic rings. The molecule has 6 nitrogen and oxygen atoms in total. The van der Waals surface area contributed by atoms with Crippen LogP contribution in [0.2, 0.25) is 0 Å². The average molecular weight is 256 g/mol. The van der Waals surface area contributed by atoms with E-state index in [9.17, 15) is 9.59 Å². The molecule has 0 bridgehead atoms. The summed E-state index contributed by atoms with van der Waals surface area (Å²) >= 11 is 0. The molecule has 0 unspecified atom stereocenters. The lowest BCUT2D eigenvalue weighted by Crippen LogP contribution is -2.11.